The van der Waals surface area contributed by atoms with E-state index in [0.717, 1.165) is 4.90 Å². The lowest BCUT2D eigenvalue weighted by Gasteiger charge is -2.11. The Morgan fingerprint density at radius 1 is 1.29 bits per heavy atom. The molecule has 0 saturated carbocycles. The molecule has 0 radical (unpaired) electrons. The second-order valence-electron chi connectivity index (χ2n) is 4.18. The van der Waals surface area contributed by atoms with Crippen LogP contribution >= 0.6 is 11.8 Å². The Kier molecular flexibility index (Phi) is 6.67. The highest BCUT2D eigenvalue weighted by Crippen LogP contribution is 2.25. The third-order valence-corrected chi connectivity index (χ3v) is 3.64. The summed E-state index contributed by atoms with van der Waals surface area (Å²) in [5, 5.41) is 15.3. The zero-order valence-corrected chi connectivity index (χ0v) is 12.6. The van der Waals surface area contributed by atoms with E-state index >= 15 is 0 Å². The maximum absolute atomic E-state index is 11.8. The second kappa shape index (κ2) is 8.25. The van der Waals surface area contributed by atoms with Crippen molar-refractivity contribution in [2.75, 3.05) is 13.1 Å². The van der Waals surface area contributed by atoms with Gasteiger partial charge in [0, 0.05) is 23.6 Å². The second-order valence-corrected chi connectivity index (χ2v) is 5.60. The molecular formula is C13H17N3O4S. The number of benzene rings is 1. The van der Waals surface area contributed by atoms with Crippen LogP contribution in [0, 0.1) is 10.1 Å². The predicted octanol–water partition coefficient (Wildman–Crippen LogP) is 1.33. The van der Waals surface area contributed by atoms with Crippen molar-refractivity contribution in [2.45, 2.75) is 24.0 Å². The van der Waals surface area contributed by atoms with Crippen molar-refractivity contribution in [2.24, 2.45) is 0 Å². The highest BCUT2D eigenvalue weighted by Gasteiger charge is 2.15. The van der Waals surface area contributed by atoms with E-state index in [0.29, 0.717) is 6.54 Å². The van der Waals surface area contributed by atoms with Crippen LogP contribution in [-0.4, -0.2) is 35.1 Å². The van der Waals surface area contributed by atoms with Crippen molar-refractivity contribution in [3.63, 3.8) is 0 Å². The number of carbonyl (C=O) groups is 2. The van der Waals surface area contributed by atoms with E-state index in [4.69, 9.17) is 0 Å². The van der Waals surface area contributed by atoms with Gasteiger partial charge in [0.05, 0.1) is 16.7 Å². The first-order chi connectivity index (χ1) is 9.93. The molecule has 1 aromatic carbocycles. The molecule has 0 spiro atoms. The van der Waals surface area contributed by atoms with Gasteiger partial charge in [0.25, 0.3) is 5.69 Å². The lowest BCUT2D eigenvalue weighted by molar-refractivity contribution is -0.384. The fourth-order valence-corrected chi connectivity index (χ4v) is 2.37. The molecule has 1 unspecified atom stereocenters. The van der Waals surface area contributed by atoms with Gasteiger partial charge < -0.3 is 10.6 Å². The van der Waals surface area contributed by atoms with Crippen molar-refractivity contribution in [1.29, 1.82) is 0 Å². The minimum absolute atomic E-state index is 0.00712. The third-order valence-electron chi connectivity index (χ3n) is 2.53. The number of amides is 2. The number of hydrogen-bond acceptors (Lipinski definition) is 5. The quantitative estimate of drug-likeness (QED) is 0.449. The van der Waals surface area contributed by atoms with E-state index < -0.39 is 10.2 Å². The van der Waals surface area contributed by atoms with Gasteiger partial charge in [-0.1, -0.05) is 0 Å². The number of rotatable bonds is 7. The summed E-state index contributed by atoms with van der Waals surface area (Å²) in [5.41, 5.74) is 0.00712. The van der Waals surface area contributed by atoms with E-state index in [1.807, 2.05) is 0 Å². The molecule has 1 atom stereocenters. The summed E-state index contributed by atoms with van der Waals surface area (Å²) in [7, 11) is 0. The lowest BCUT2D eigenvalue weighted by atomic mass is 10.3. The Morgan fingerprint density at radius 3 is 2.43 bits per heavy atom. The van der Waals surface area contributed by atoms with E-state index in [9.17, 15) is 19.7 Å². The van der Waals surface area contributed by atoms with E-state index in [2.05, 4.69) is 10.6 Å². The molecule has 0 aliphatic rings. The molecule has 0 aromatic heterocycles. The van der Waals surface area contributed by atoms with Gasteiger partial charge in [0.15, 0.2) is 0 Å². The molecule has 8 heteroatoms. The van der Waals surface area contributed by atoms with E-state index in [1.165, 1.54) is 23.9 Å². The molecule has 0 heterocycles. The van der Waals surface area contributed by atoms with Gasteiger partial charge in [-0.15, -0.1) is 11.8 Å². The smallest absolute Gasteiger partial charge is 0.269 e. The Labute approximate surface area is 126 Å². The monoisotopic (exact) mass is 311 g/mol. The molecule has 114 valence electrons. The summed E-state index contributed by atoms with van der Waals surface area (Å²) in [4.78, 5) is 33.9. The highest BCUT2D eigenvalue weighted by molar-refractivity contribution is 8.00. The normalized spacial score (nSPS) is 11.5. The van der Waals surface area contributed by atoms with Gasteiger partial charge >= 0.3 is 0 Å². The zero-order chi connectivity index (χ0) is 15.8. The van der Waals surface area contributed by atoms with Crippen molar-refractivity contribution in [3.8, 4) is 0 Å². The standard InChI is InChI=1S/C13H17N3O4S/c1-3-14-12(17)8-15-13(18)9(2)21-11-6-4-10(5-7-11)16(19)20/h4-7,9H,3,8H2,1-2H3,(H,14,17)(H,15,18). The zero-order valence-electron chi connectivity index (χ0n) is 11.8. The number of hydrogen-bond donors (Lipinski definition) is 2. The molecule has 0 saturated heterocycles. The largest absolute Gasteiger partial charge is 0.355 e. The van der Waals surface area contributed by atoms with Crippen LogP contribution in [0.4, 0.5) is 5.69 Å². The number of thioether (sulfide) groups is 1. The van der Waals surface area contributed by atoms with Crippen LogP contribution in [0.5, 0.6) is 0 Å². The van der Waals surface area contributed by atoms with Gasteiger partial charge in [-0.05, 0) is 26.0 Å². The van der Waals surface area contributed by atoms with Crippen LogP contribution in [0.25, 0.3) is 0 Å². The van der Waals surface area contributed by atoms with Crippen LogP contribution in [-0.2, 0) is 9.59 Å². The van der Waals surface area contributed by atoms with Gasteiger partial charge in [-0.3, -0.25) is 19.7 Å². The molecule has 0 aliphatic heterocycles. The van der Waals surface area contributed by atoms with Gasteiger partial charge in [-0.25, -0.2) is 0 Å². The number of carbonyl (C=O) groups excluding carboxylic acids is 2. The number of nitro groups is 1. The maximum atomic E-state index is 11.8. The summed E-state index contributed by atoms with van der Waals surface area (Å²) < 4.78 is 0. The first-order valence-corrected chi connectivity index (χ1v) is 7.27. The van der Waals surface area contributed by atoms with Crippen molar-refractivity contribution in [1.82, 2.24) is 10.6 Å². The topological polar surface area (TPSA) is 101 Å². The molecule has 7 nitrogen and oxygen atoms in total. The van der Waals surface area contributed by atoms with Crippen LogP contribution in [0.1, 0.15) is 13.8 Å². The molecule has 2 amide bonds. The average Bonchev–Trinajstić information content (AvgIpc) is 2.45. The van der Waals surface area contributed by atoms with Crippen LogP contribution in [0.15, 0.2) is 29.2 Å². The average molecular weight is 311 g/mol. The first kappa shape index (κ1) is 17.0. The fraction of sp³-hybridized carbons (Fsp3) is 0.385. The van der Waals surface area contributed by atoms with Crippen LogP contribution < -0.4 is 10.6 Å². The first-order valence-electron chi connectivity index (χ1n) is 6.39. The summed E-state index contributed by atoms with van der Waals surface area (Å²) >= 11 is 1.27. The van der Waals surface area contributed by atoms with Crippen LogP contribution in [0.3, 0.4) is 0 Å². The number of nitrogens with one attached hydrogen (secondary N) is 2. The molecule has 1 rings (SSSR count). The molecule has 0 bridgehead atoms. The minimum Gasteiger partial charge on any atom is -0.355 e. The summed E-state index contributed by atoms with van der Waals surface area (Å²) in [6, 6.07) is 5.97. The summed E-state index contributed by atoms with van der Waals surface area (Å²) in [5.74, 6) is -0.497. The Hall–Kier alpha value is -2.09. The molecule has 0 aliphatic carbocycles. The minimum atomic E-state index is -0.475. The van der Waals surface area contributed by atoms with Gasteiger partial charge in [0.1, 0.15) is 0 Å². The molecule has 21 heavy (non-hydrogen) atoms. The molecule has 1 aromatic rings. The number of non-ortho nitro benzene ring substituents is 1. The molecule has 0 fully saturated rings. The van der Waals surface area contributed by atoms with Crippen molar-refractivity contribution >= 4 is 29.3 Å². The molecule has 2 N–H and O–H groups in total. The maximum Gasteiger partial charge on any atom is 0.269 e. The highest BCUT2D eigenvalue weighted by atomic mass is 32.2. The Balaban J connectivity index is 2.48. The molecular weight excluding hydrogens is 294 g/mol. The SMILES string of the molecule is CCNC(=O)CNC(=O)C(C)Sc1ccc([N+](=O)[O-])cc1. The number of likely N-dealkylation sites (N-methyl/N-ethyl adjacent to an activating group) is 1. The van der Waals surface area contributed by atoms with Crippen molar-refractivity contribution < 1.29 is 14.5 Å². The lowest BCUT2D eigenvalue weighted by Crippen LogP contribution is -2.39. The Bertz CT molecular complexity index is 519. The van der Waals surface area contributed by atoms with Gasteiger partial charge in [0.2, 0.25) is 11.8 Å². The van der Waals surface area contributed by atoms with Gasteiger partial charge in [-0.2, -0.15) is 0 Å². The number of nitrogens with zero attached hydrogens (tertiary/aromatic N) is 1. The van der Waals surface area contributed by atoms with Crippen LogP contribution in [0.2, 0.25) is 0 Å². The van der Waals surface area contributed by atoms with E-state index in [1.54, 1.807) is 26.0 Å². The Morgan fingerprint density at radius 2 is 1.90 bits per heavy atom. The third kappa shape index (κ3) is 5.82. The van der Waals surface area contributed by atoms with Crippen molar-refractivity contribution in [3.05, 3.63) is 34.4 Å². The fourth-order valence-electron chi connectivity index (χ4n) is 1.47. The summed E-state index contributed by atoms with van der Waals surface area (Å²) in [6.45, 7) is 3.96. The number of nitro benzene ring substituents is 1. The van der Waals surface area contributed by atoms with E-state index in [-0.39, 0.29) is 24.0 Å². The summed E-state index contributed by atoms with van der Waals surface area (Å²) in [6.07, 6.45) is 0. The predicted molar refractivity (Wildman–Crippen MR) is 80.1 cm³/mol.